The Kier molecular flexibility index (Phi) is 9.00. The number of likely N-dealkylation sites (tertiary alicyclic amines) is 1. The first kappa shape index (κ1) is 20.6. The van der Waals surface area contributed by atoms with E-state index in [-0.39, 0.29) is 30.5 Å². The molecule has 1 saturated heterocycles. The summed E-state index contributed by atoms with van der Waals surface area (Å²) in [5.74, 6) is 0.816. The minimum Gasteiger partial charge on any atom is -0.435 e. The Balaban J connectivity index is 0.00000288. The Hall–Kier alpha value is -1.40. The molecule has 1 aromatic carbocycles. The Bertz CT molecular complexity index is 509. The Morgan fingerprint density at radius 3 is 2.71 bits per heavy atom. The third-order valence-electron chi connectivity index (χ3n) is 4.25. The number of carbonyl (C=O) groups is 1. The first-order valence-electron chi connectivity index (χ1n) is 8.04. The molecule has 0 spiro atoms. The van der Waals surface area contributed by atoms with Gasteiger partial charge in [-0.3, -0.25) is 4.79 Å². The van der Waals surface area contributed by atoms with Crippen LogP contribution in [0.25, 0.3) is 0 Å². The quantitative estimate of drug-likeness (QED) is 0.810. The molecule has 136 valence electrons. The predicted octanol–water partition coefficient (Wildman–Crippen LogP) is 3.10. The molecule has 1 aliphatic heterocycles. The van der Waals surface area contributed by atoms with Gasteiger partial charge in [0, 0.05) is 13.1 Å². The van der Waals surface area contributed by atoms with Gasteiger partial charge in [0.1, 0.15) is 5.75 Å². The van der Waals surface area contributed by atoms with Crippen LogP contribution in [0.1, 0.15) is 24.8 Å². The molecule has 0 saturated carbocycles. The van der Waals surface area contributed by atoms with Crippen molar-refractivity contribution >= 4 is 18.3 Å². The number of piperidine rings is 1. The summed E-state index contributed by atoms with van der Waals surface area (Å²) in [4.78, 5) is 14.2. The van der Waals surface area contributed by atoms with E-state index in [4.69, 9.17) is 0 Å². The van der Waals surface area contributed by atoms with Crippen molar-refractivity contribution in [3.63, 3.8) is 0 Å². The zero-order chi connectivity index (χ0) is 16.7. The van der Waals surface area contributed by atoms with Gasteiger partial charge in [-0.25, -0.2) is 0 Å². The zero-order valence-corrected chi connectivity index (χ0v) is 14.7. The Labute approximate surface area is 148 Å². The molecule has 0 bridgehead atoms. The van der Waals surface area contributed by atoms with Crippen LogP contribution >= 0.6 is 12.4 Å². The Morgan fingerprint density at radius 1 is 1.38 bits per heavy atom. The monoisotopic (exact) mass is 362 g/mol. The number of nitrogens with zero attached hydrogens (tertiary/aromatic N) is 1. The molecule has 0 aromatic heterocycles. The van der Waals surface area contributed by atoms with Crippen molar-refractivity contribution in [1.82, 2.24) is 10.2 Å². The van der Waals surface area contributed by atoms with Gasteiger partial charge in [-0.2, -0.15) is 8.78 Å². The standard InChI is InChI=1S/C17H24F2N2O2.ClH/c1-20-8-5-13-6-9-21(10-7-13)16(22)12-14-3-2-4-15(11-14)23-17(18)19;/h2-4,11,13,17,20H,5-10,12H2,1H3;1H. The highest BCUT2D eigenvalue weighted by Crippen LogP contribution is 2.21. The Morgan fingerprint density at radius 2 is 2.08 bits per heavy atom. The number of hydrogen-bond acceptors (Lipinski definition) is 3. The molecule has 7 heteroatoms. The number of nitrogens with one attached hydrogen (secondary N) is 1. The van der Waals surface area contributed by atoms with E-state index in [9.17, 15) is 13.6 Å². The lowest BCUT2D eigenvalue weighted by molar-refractivity contribution is -0.131. The lowest BCUT2D eigenvalue weighted by atomic mass is 9.93. The van der Waals surface area contributed by atoms with E-state index in [0.29, 0.717) is 11.5 Å². The fraction of sp³-hybridized carbons (Fsp3) is 0.588. The number of ether oxygens (including phenoxy) is 1. The van der Waals surface area contributed by atoms with Crippen molar-refractivity contribution in [2.75, 3.05) is 26.7 Å². The molecule has 24 heavy (non-hydrogen) atoms. The van der Waals surface area contributed by atoms with E-state index in [1.165, 1.54) is 12.1 Å². The summed E-state index contributed by atoms with van der Waals surface area (Å²) in [7, 11) is 1.95. The van der Waals surface area contributed by atoms with Crippen LogP contribution in [0, 0.1) is 5.92 Å². The van der Waals surface area contributed by atoms with E-state index < -0.39 is 6.61 Å². The number of alkyl halides is 2. The van der Waals surface area contributed by atoms with Crippen LogP contribution in [-0.2, 0) is 11.2 Å². The van der Waals surface area contributed by atoms with Crippen molar-refractivity contribution in [2.24, 2.45) is 5.92 Å². The number of benzene rings is 1. The second-order valence-electron chi connectivity index (χ2n) is 5.92. The average molecular weight is 363 g/mol. The van der Waals surface area contributed by atoms with E-state index in [0.717, 1.165) is 38.9 Å². The summed E-state index contributed by atoms with van der Waals surface area (Å²) in [6.07, 6.45) is 3.43. The van der Waals surface area contributed by atoms with E-state index in [1.54, 1.807) is 12.1 Å². The molecule has 1 fully saturated rings. The van der Waals surface area contributed by atoms with Gasteiger partial charge in [0.15, 0.2) is 0 Å². The zero-order valence-electron chi connectivity index (χ0n) is 13.8. The van der Waals surface area contributed by atoms with Crippen LogP contribution < -0.4 is 10.1 Å². The summed E-state index contributed by atoms with van der Waals surface area (Å²) >= 11 is 0. The second kappa shape index (κ2) is 10.5. The number of hydrogen-bond donors (Lipinski definition) is 1. The number of carbonyl (C=O) groups excluding carboxylic acids is 1. The van der Waals surface area contributed by atoms with Crippen LogP contribution in [0.2, 0.25) is 0 Å². The molecule has 0 radical (unpaired) electrons. The topological polar surface area (TPSA) is 41.6 Å². The van der Waals surface area contributed by atoms with Crippen LogP contribution in [0.3, 0.4) is 0 Å². The SMILES string of the molecule is CNCCC1CCN(C(=O)Cc2cccc(OC(F)F)c2)CC1.Cl. The third-order valence-corrected chi connectivity index (χ3v) is 4.25. The van der Waals surface area contributed by atoms with Gasteiger partial charge >= 0.3 is 6.61 Å². The van der Waals surface area contributed by atoms with E-state index in [2.05, 4.69) is 10.1 Å². The first-order chi connectivity index (χ1) is 11.1. The molecule has 0 unspecified atom stereocenters. The average Bonchev–Trinajstić information content (AvgIpc) is 2.53. The fourth-order valence-electron chi connectivity index (χ4n) is 2.94. The van der Waals surface area contributed by atoms with Crippen molar-refractivity contribution in [3.8, 4) is 5.75 Å². The van der Waals surface area contributed by atoms with Crippen molar-refractivity contribution in [2.45, 2.75) is 32.3 Å². The summed E-state index contributed by atoms with van der Waals surface area (Å²) in [5, 5.41) is 3.15. The summed E-state index contributed by atoms with van der Waals surface area (Å²) in [5.41, 5.74) is 0.699. The highest BCUT2D eigenvalue weighted by molar-refractivity contribution is 5.85. The molecule has 2 rings (SSSR count). The van der Waals surface area contributed by atoms with Crippen LogP contribution in [-0.4, -0.2) is 44.1 Å². The van der Waals surface area contributed by atoms with Crippen molar-refractivity contribution in [3.05, 3.63) is 29.8 Å². The van der Waals surface area contributed by atoms with Gasteiger partial charge in [0.25, 0.3) is 0 Å². The van der Waals surface area contributed by atoms with Crippen LogP contribution in [0.15, 0.2) is 24.3 Å². The highest BCUT2D eigenvalue weighted by atomic mass is 35.5. The molecular formula is C17H25ClF2N2O2. The number of rotatable bonds is 7. The van der Waals surface area contributed by atoms with Gasteiger partial charge in [-0.1, -0.05) is 12.1 Å². The van der Waals surface area contributed by atoms with Gasteiger partial charge in [-0.05, 0) is 56.5 Å². The predicted molar refractivity (Wildman–Crippen MR) is 91.9 cm³/mol. The van der Waals surface area contributed by atoms with Crippen LogP contribution in [0.5, 0.6) is 5.75 Å². The lowest BCUT2D eigenvalue weighted by Crippen LogP contribution is -2.39. The van der Waals surface area contributed by atoms with Crippen LogP contribution in [0.4, 0.5) is 8.78 Å². The smallest absolute Gasteiger partial charge is 0.387 e. The highest BCUT2D eigenvalue weighted by Gasteiger charge is 2.22. The molecule has 1 heterocycles. The van der Waals surface area contributed by atoms with E-state index >= 15 is 0 Å². The minimum absolute atomic E-state index is 0. The maximum atomic E-state index is 12.3. The lowest BCUT2D eigenvalue weighted by Gasteiger charge is -2.32. The molecule has 1 aliphatic rings. The molecule has 4 nitrogen and oxygen atoms in total. The largest absolute Gasteiger partial charge is 0.435 e. The second-order valence-corrected chi connectivity index (χ2v) is 5.92. The molecule has 1 amide bonds. The van der Waals surface area contributed by atoms with Crippen molar-refractivity contribution in [1.29, 1.82) is 0 Å². The molecule has 1 N–H and O–H groups in total. The third kappa shape index (κ3) is 6.61. The molecular weight excluding hydrogens is 338 g/mol. The summed E-state index contributed by atoms with van der Waals surface area (Å²) in [6, 6.07) is 6.36. The maximum absolute atomic E-state index is 12.3. The van der Waals surface area contributed by atoms with Crippen molar-refractivity contribution < 1.29 is 18.3 Å². The van der Waals surface area contributed by atoms with Gasteiger partial charge in [-0.15, -0.1) is 12.4 Å². The molecule has 0 aliphatic carbocycles. The van der Waals surface area contributed by atoms with Gasteiger partial charge in [0.05, 0.1) is 6.42 Å². The fourth-order valence-corrected chi connectivity index (χ4v) is 2.94. The number of halogens is 3. The minimum atomic E-state index is -2.85. The molecule has 1 aromatic rings. The van der Waals surface area contributed by atoms with Gasteiger partial charge in [0.2, 0.25) is 5.91 Å². The maximum Gasteiger partial charge on any atom is 0.387 e. The van der Waals surface area contributed by atoms with E-state index in [1.807, 2.05) is 11.9 Å². The summed E-state index contributed by atoms with van der Waals surface area (Å²) < 4.78 is 28.8. The number of amides is 1. The molecule has 0 atom stereocenters. The van der Waals surface area contributed by atoms with Gasteiger partial charge < -0.3 is 15.0 Å². The summed E-state index contributed by atoms with van der Waals surface area (Å²) in [6.45, 7) is -0.284. The normalized spacial score (nSPS) is 15.2. The first-order valence-corrected chi connectivity index (χ1v) is 8.04.